The summed E-state index contributed by atoms with van der Waals surface area (Å²) in [6.07, 6.45) is 0.492. The summed E-state index contributed by atoms with van der Waals surface area (Å²) in [5.41, 5.74) is 2.84. The van der Waals surface area contributed by atoms with Crippen LogP contribution in [0.1, 0.15) is 43.0 Å². The second kappa shape index (κ2) is 8.78. The fourth-order valence-corrected chi connectivity index (χ4v) is 6.92. The maximum atomic E-state index is 13.4. The van der Waals surface area contributed by atoms with Crippen LogP contribution in [-0.2, 0) is 16.6 Å². The molecule has 5 rings (SSSR count). The van der Waals surface area contributed by atoms with Gasteiger partial charge in [0.15, 0.2) is 0 Å². The van der Waals surface area contributed by atoms with Gasteiger partial charge in [0.05, 0.1) is 27.7 Å². The SMILES string of the molecule is Cc1ccc2c(c1)OC(C)(C)CC2NS(=O)(=O)c1ccc2c(c1)sc(=O)n2Cc1ccccc1Cl. The molecule has 0 radical (unpaired) electrons. The molecule has 1 aromatic heterocycles. The zero-order chi connectivity index (χ0) is 25.0. The highest BCUT2D eigenvalue weighted by atomic mass is 35.5. The van der Waals surface area contributed by atoms with Gasteiger partial charge in [-0.3, -0.25) is 9.36 Å². The molecule has 0 spiro atoms. The Morgan fingerprint density at radius 2 is 1.91 bits per heavy atom. The van der Waals surface area contributed by atoms with Crippen molar-refractivity contribution in [3.63, 3.8) is 0 Å². The van der Waals surface area contributed by atoms with Crippen molar-refractivity contribution in [3.8, 4) is 5.75 Å². The molecule has 1 aliphatic rings. The monoisotopic (exact) mass is 528 g/mol. The summed E-state index contributed by atoms with van der Waals surface area (Å²) < 4.78 is 38.0. The molecule has 0 saturated carbocycles. The topological polar surface area (TPSA) is 77.4 Å². The first-order valence-corrected chi connectivity index (χ1v) is 13.9. The Kier molecular flexibility index (Phi) is 6.04. The molecule has 4 aromatic rings. The average molecular weight is 529 g/mol. The van der Waals surface area contributed by atoms with Crippen molar-refractivity contribution in [2.24, 2.45) is 0 Å². The molecule has 9 heteroatoms. The maximum absolute atomic E-state index is 13.4. The quantitative estimate of drug-likeness (QED) is 0.363. The van der Waals surface area contributed by atoms with Crippen LogP contribution in [0, 0.1) is 6.92 Å². The lowest BCUT2D eigenvalue weighted by molar-refractivity contribution is 0.0701. The first-order valence-electron chi connectivity index (χ1n) is 11.2. The van der Waals surface area contributed by atoms with Crippen LogP contribution in [0.15, 0.2) is 70.4 Å². The van der Waals surface area contributed by atoms with E-state index in [1.165, 1.54) is 0 Å². The first kappa shape index (κ1) is 24.1. The molecule has 182 valence electrons. The summed E-state index contributed by atoms with van der Waals surface area (Å²) in [4.78, 5) is 12.7. The number of thiazole rings is 1. The lowest BCUT2D eigenvalue weighted by atomic mass is 9.90. The van der Waals surface area contributed by atoms with Crippen LogP contribution < -0.4 is 14.3 Å². The molecule has 35 heavy (non-hydrogen) atoms. The summed E-state index contributed by atoms with van der Waals surface area (Å²) in [6, 6.07) is 17.5. The Hall–Kier alpha value is -2.65. The number of nitrogens with one attached hydrogen (secondary N) is 1. The number of ether oxygens (including phenoxy) is 1. The number of hydrogen-bond donors (Lipinski definition) is 1. The lowest BCUT2D eigenvalue weighted by Crippen LogP contribution is -2.41. The van der Waals surface area contributed by atoms with Gasteiger partial charge < -0.3 is 4.74 Å². The molecular formula is C26H25ClN2O4S2. The number of rotatable bonds is 5. The molecule has 0 saturated heterocycles. The molecular weight excluding hydrogens is 504 g/mol. The van der Waals surface area contributed by atoms with E-state index in [1.807, 2.05) is 57.2 Å². The van der Waals surface area contributed by atoms with E-state index in [-0.39, 0.29) is 9.77 Å². The van der Waals surface area contributed by atoms with Gasteiger partial charge in [-0.15, -0.1) is 0 Å². The summed E-state index contributed by atoms with van der Waals surface area (Å²) in [6.45, 7) is 6.19. The van der Waals surface area contributed by atoms with Crippen LogP contribution in [0.25, 0.3) is 10.2 Å². The smallest absolute Gasteiger partial charge is 0.308 e. The second-order valence-electron chi connectivity index (χ2n) is 9.46. The van der Waals surface area contributed by atoms with E-state index in [4.69, 9.17) is 16.3 Å². The average Bonchev–Trinajstić information content (AvgIpc) is 3.08. The highest BCUT2D eigenvalue weighted by Crippen LogP contribution is 2.40. The maximum Gasteiger partial charge on any atom is 0.308 e. The molecule has 0 fully saturated rings. The predicted molar refractivity (Wildman–Crippen MR) is 140 cm³/mol. The van der Waals surface area contributed by atoms with E-state index in [2.05, 4.69) is 4.72 Å². The van der Waals surface area contributed by atoms with Crippen molar-refractivity contribution in [2.45, 2.75) is 50.3 Å². The number of benzene rings is 3. The molecule has 0 amide bonds. The number of hydrogen-bond acceptors (Lipinski definition) is 5. The zero-order valence-electron chi connectivity index (χ0n) is 19.5. The number of aromatic nitrogens is 1. The minimum absolute atomic E-state index is 0.120. The Labute approximate surface area is 213 Å². The number of sulfonamides is 1. The number of fused-ring (bicyclic) bond motifs is 2. The highest BCUT2D eigenvalue weighted by Gasteiger charge is 2.36. The van der Waals surface area contributed by atoms with E-state index >= 15 is 0 Å². The van der Waals surface area contributed by atoms with Crippen molar-refractivity contribution in [3.05, 3.63) is 92.0 Å². The van der Waals surface area contributed by atoms with Crippen molar-refractivity contribution in [1.29, 1.82) is 0 Å². The molecule has 1 unspecified atom stereocenters. The van der Waals surface area contributed by atoms with Gasteiger partial charge in [-0.05, 0) is 62.2 Å². The van der Waals surface area contributed by atoms with Crippen LogP contribution in [0.3, 0.4) is 0 Å². The van der Waals surface area contributed by atoms with Gasteiger partial charge in [-0.2, -0.15) is 0 Å². The predicted octanol–water partition coefficient (Wildman–Crippen LogP) is 5.65. The van der Waals surface area contributed by atoms with Crippen LogP contribution in [0.4, 0.5) is 0 Å². The molecule has 1 aliphatic heterocycles. The fraction of sp³-hybridized carbons (Fsp3) is 0.269. The standard InChI is InChI=1S/C26H25ClN2O4S2/c1-16-8-10-19-21(14-26(2,3)33-23(19)12-16)28-35(31,32)18-9-11-22-24(13-18)34-25(30)29(22)15-17-6-4-5-7-20(17)27/h4-13,21,28H,14-15H2,1-3H3. The highest BCUT2D eigenvalue weighted by molar-refractivity contribution is 7.89. The number of nitrogens with zero attached hydrogens (tertiary/aromatic N) is 1. The number of halogens is 1. The second-order valence-corrected chi connectivity index (χ2v) is 12.6. The molecule has 0 aliphatic carbocycles. The van der Waals surface area contributed by atoms with Gasteiger partial charge in [-0.1, -0.05) is 53.3 Å². The normalized spacial score (nSPS) is 17.2. The summed E-state index contributed by atoms with van der Waals surface area (Å²) in [7, 11) is -3.85. The van der Waals surface area contributed by atoms with Crippen molar-refractivity contribution < 1.29 is 13.2 Å². The first-order chi connectivity index (χ1) is 16.5. The van der Waals surface area contributed by atoms with Crippen LogP contribution >= 0.6 is 22.9 Å². The third-order valence-corrected chi connectivity index (χ3v) is 8.94. The van der Waals surface area contributed by atoms with Crippen molar-refractivity contribution in [2.75, 3.05) is 0 Å². The van der Waals surface area contributed by atoms with E-state index in [1.54, 1.807) is 28.8 Å². The third-order valence-electron chi connectivity index (χ3n) is 6.16. The van der Waals surface area contributed by atoms with E-state index in [0.717, 1.165) is 28.0 Å². The Bertz CT molecular complexity index is 1610. The lowest BCUT2D eigenvalue weighted by Gasteiger charge is -2.38. The summed E-state index contributed by atoms with van der Waals surface area (Å²) >= 11 is 7.30. The largest absolute Gasteiger partial charge is 0.487 e. The Morgan fingerprint density at radius 3 is 2.69 bits per heavy atom. The van der Waals surface area contributed by atoms with Crippen molar-refractivity contribution >= 4 is 43.2 Å². The molecule has 1 atom stereocenters. The minimum atomic E-state index is -3.85. The van der Waals surface area contributed by atoms with Crippen LogP contribution in [0.2, 0.25) is 5.02 Å². The Balaban J connectivity index is 1.48. The third kappa shape index (κ3) is 4.76. The van der Waals surface area contributed by atoms with E-state index in [9.17, 15) is 13.2 Å². The molecule has 2 heterocycles. The Morgan fingerprint density at radius 1 is 1.14 bits per heavy atom. The van der Waals surface area contributed by atoms with Crippen LogP contribution in [-0.4, -0.2) is 18.6 Å². The van der Waals surface area contributed by atoms with Gasteiger partial charge in [0.25, 0.3) is 0 Å². The molecule has 6 nitrogen and oxygen atoms in total. The molecule has 0 bridgehead atoms. The van der Waals surface area contributed by atoms with Gasteiger partial charge in [0.1, 0.15) is 11.4 Å². The summed E-state index contributed by atoms with van der Waals surface area (Å²) in [5.74, 6) is 0.694. The van der Waals surface area contributed by atoms with E-state index in [0.29, 0.717) is 34.0 Å². The number of aryl methyl sites for hydroxylation is 1. The van der Waals surface area contributed by atoms with Gasteiger partial charge in [0, 0.05) is 17.0 Å². The summed E-state index contributed by atoms with van der Waals surface area (Å²) in [5, 5.41) is 0.581. The molecule has 1 N–H and O–H groups in total. The van der Waals surface area contributed by atoms with E-state index < -0.39 is 21.7 Å². The molecule has 3 aromatic carbocycles. The minimum Gasteiger partial charge on any atom is -0.487 e. The van der Waals surface area contributed by atoms with Gasteiger partial charge in [-0.25, -0.2) is 13.1 Å². The fourth-order valence-electron chi connectivity index (χ4n) is 4.48. The van der Waals surface area contributed by atoms with Crippen LogP contribution in [0.5, 0.6) is 5.75 Å². The van der Waals surface area contributed by atoms with Gasteiger partial charge in [0.2, 0.25) is 10.0 Å². The van der Waals surface area contributed by atoms with Crippen molar-refractivity contribution in [1.82, 2.24) is 9.29 Å². The van der Waals surface area contributed by atoms with Gasteiger partial charge >= 0.3 is 4.87 Å². The zero-order valence-corrected chi connectivity index (χ0v) is 21.9.